The van der Waals surface area contributed by atoms with Gasteiger partial charge in [-0.15, -0.1) is 0 Å². The van der Waals surface area contributed by atoms with E-state index in [0.29, 0.717) is 6.54 Å². The van der Waals surface area contributed by atoms with Gasteiger partial charge in [0, 0.05) is 12.2 Å². The van der Waals surface area contributed by atoms with Crippen LogP contribution in [0.2, 0.25) is 0 Å². The van der Waals surface area contributed by atoms with Crippen molar-refractivity contribution in [1.82, 2.24) is 20.1 Å². The molecule has 1 aromatic heterocycles. The van der Waals surface area contributed by atoms with Crippen LogP contribution in [0.5, 0.6) is 0 Å². The third-order valence-corrected chi connectivity index (χ3v) is 3.67. The first kappa shape index (κ1) is 13.8. The van der Waals surface area contributed by atoms with Gasteiger partial charge in [-0.2, -0.15) is 5.10 Å². The van der Waals surface area contributed by atoms with Crippen molar-refractivity contribution in [2.24, 2.45) is 5.92 Å². The molecule has 3 rings (SSSR count). The number of nitrogens with one attached hydrogen (secondary N) is 2. The zero-order valence-corrected chi connectivity index (χ0v) is 11.8. The van der Waals surface area contributed by atoms with Gasteiger partial charge in [-0.1, -0.05) is 12.1 Å². The van der Waals surface area contributed by atoms with E-state index < -0.39 is 0 Å². The second-order valence-electron chi connectivity index (χ2n) is 5.33. The molecular formula is C15H19N5O. The molecule has 1 aromatic carbocycles. The van der Waals surface area contributed by atoms with Crippen molar-refractivity contribution in [2.45, 2.75) is 19.4 Å². The second kappa shape index (κ2) is 6.49. The normalized spacial score (nSPS) is 18.4. The van der Waals surface area contributed by atoms with Gasteiger partial charge in [0.05, 0.1) is 12.5 Å². The number of amides is 1. The number of benzene rings is 1. The summed E-state index contributed by atoms with van der Waals surface area (Å²) in [6, 6.07) is 7.86. The predicted octanol–water partition coefficient (Wildman–Crippen LogP) is 1.26. The summed E-state index contributed by atoms with van der Waals surface area (Å²) >= 11 is 0. The third-order valence-electron chi connectivity index (χ3n) is 3.67. The molecule has 0 unspecified atom stereocenters. The first-order valence-corrected chi connectivity index (χ1v) is 7.24. The Morgan fingerprint density at radius 1 is 1.48 bits per heavy atom. The number of carbonyl (C=O) groups is 1. The quantitative estimate of drug-likeness (QED) is 0.887. The molecule has 21 heavy (non-hydrogen) atoms. The smallest absolute Gasteiger partial charge is 0.228 e. The van der Waals surface area contributed by atoms with Gasteiger partial charge in [0.1, 0.15) is 12.7 Å². The Labute approximate surface area is 123 Å². The number of anilines is 1. The van der Waals surface area contributed by atoms with E-state index in [0.717, 1.165) is 37.2 Å². The van der Waals surface area contributed by atoms with Crippen LogP contribution in [0.3, 0.4) is 0 Å². The number of aromatic nitrogens is 3. The zero-order chi connectivity index (χ0) is 14.5. The molecular weight excluding hydrogens is 266 g/mol. The largest absolute Gasteiger partial charge is 0.326 e. The van der Waals surface area contributed by atoms with Gasteiger partial charge in [0.15, 0.2) is 0 Å². The molecule has 0 radical (unpaired) electrons. The maximum absolute atomic E-state index is 12.2. The minimum atomic E-state index is 0.0673. The Hall–Kier alpha value is -2.21. The van der Waals surface area contributed by atoms with Gasteiger partial charge in [0.25, 0.3) is 0 Å². The van der Waals surface area contributed by atoms with Crippen LogP contribution in [0, 0.1) is 5.92 Å². The summed E-state index contributed by atoms with van der Waals surface area (Å²) in [6.07, 6.45) is 5.21. The molecule has 0 bridgehead atoms. The molecule has 2 heterocycles. The van der Waals surface area contributed by atoms with E-state index in [1.54, 1.807) is 11.0 Å². The zero-order valence-electron chi connectivity index (χ0n) is 11.8. The highest BCUT2D eigenvalue weighted by atomic mass is 16.1. The Morgan fingerprint density at radius 2 is 2.43 bits per heavy atom. The van der Waals surface area contributed by atoms with E-state index in [1.807, 2.05) is 24.3 Å². The summed E-state index contributed by atoms with van der Waals surface area (Å²) in [4.78, 5) is 16.1. The minimum absolute atomic E-state index is 0.0673. The first-order valence-electron chi connectivity index (χ1n) is 7.24. The van der Waals surface area contributed by atoms with Crippen molar-refractivity contribution in [3.63, 3.8) is 0 Å². The fourth-order valence-electron chi connectivity index (χ4n) is 2.57. The lowest BCUT2D eigenvalue weighted by Gasteiger charge is -2.22. The van der Waals surface area contributed by atoms with Crippen molar-refractivity contribution < 1.29 is 4.79 Å². The topological polar surface area (TPSA) is 71.8 Å². The molecule has 1 saturated heterocycles. The number of carbonyl (C=O) groups excluding carboxylic acids is 1. The maximum Gasteiger partial charge on any atom is 0.228 e. The molecule has 1 fully saturated rings. The van der Waals surface area contributed by atoms with Crippen LogP contribution in [-0.4, -0.2) is 33.8 Å². The van der Waals surface area contributed by atoms with E-state index >= 15 is 0 Å². The van der Waals surface area contributed by atoms with Crippen molar-refractivity contribution >= 4 is 11.6 Å². The molecule has 6 heteroatoms. The molecule has 0 aliphatic carbocycles. The van der Waals surface area contributed by atoms with E-state index in [4.69, 9.17) is 0 Å². The highest BCUT2D eigenvalue weighted by Gasteiger charge is 2.20. The summed E-state index contributed by atoms with van der Waals surface area (Å²) in [5.74, 6) is 0.165. The molecule has 6 nitrogen and oxygen atoms in total. The van der Waals surface area contributed by atoms with Crippen molar-refractivity contribution in [2.75, 3.05) is 18.4 Å². The van der Waals surface area contributed by atoms with Gasteiger partial charge in [-0.05, 0) is 37.1 Å². The summed E-state index contributed by atoms with van der Waals surface area (Å²) in [5.41, 5.74) is 1.92. The summed E-state index contributed by atoms with van der Waals surface area (Å²) in [6.45, 7) is 2.43. The fourth-order valence-corrected chi connectivity index (χ4v) is 2.57. The molecule has 1 aliphatic rings. The summed E-state index contributed by atoms with van der Waals surface area (Å²) < 4.78 is 1.76. The highest BCUT2D eigenvalue weighted by molar-refractivity contribution is 5.92. The minimum Gasteiger partial charge on any atom is -0.326 e. The van der Waals surface area contributed by atoms with E-state index in [-0.39, 0.29) is 11.8 Å². The van der Waals surface area contributed by atoms with Gasteiger partial charge < -0.3 is 10.6 Å². The molecule has 1 atom stereocenters. The third kappa shape index (κ3) is 3.66. The van der Waals surface area contributed by atoms with Gasteiger partial charge in [-0.3, -0.25) is 4.79 Å². The standard InChI is InChI=1S/C15H19N5O/c21-15(13-4-2-6-16-8-13)19-14-5-1-3-12(7-14)9-20-11-17-10-18-20/h1,3,5,7,10-11,13,16H,2,4,6,8-9H2,(H,19,21)/t13-/m0/s1. The number of piperidine rings is 1. The monoisotopic (exact) mass is 285 g/mol. The van der Waals surface area contributed by atoms with E-state index in [1.165, 1.54) is 6.33 Å². The van der Waals surface area contributed by atoms with Gasteiger partial charge in [-0.25, -0.2) is 9.67 Å². The maximum atomic E-state index is 12.2. The van der Waals surface area contributed by atoms with E-state index in [2.05, 4.69) is 20.7 Å². The van der Waals surface area contributed by atoms with Crippen LogP contribution in [0.15, 0.2) is 36.9 Å². The SMILES string of the molecule is O=C(Nc1cccc(Cn2cncn2)c1)[C@H]1CCCNC1. The van der Waals surface area contributed by atoms with Crippen LogP contribution >= 0.6 is 0 Å². The first-order chi connectivity index (χ1) is 10.3. The van der Waals surface area contributed by atoms with Gasteiger partial charge in [0.2, 0.25) is 5.91 Å². The molecule has 1 amide bonds. The van der Waals surface area contributed by atoms with Crippen LogP contribution in [0.4, 0.5) is 5.69 Å². The summed E-state index contributed by atoms with van der Waals surface area (Å²) in [5, 5.41) is 10.4. The lowest BCUT2D eigenvalue weighted by molar-refractivity contribution is -0.120. The lowest BCUT2D eigenvalue weighted by Crippen LogP contribution is -2.37. The lowest BCUT2D eigenvalue weighted by atomic mass is 9.99. The number of rotatable bonds is 4. The number of hydrogen-bond donors (Lipinski definition) is 2. The predicted molar refractivity (Wildman–Crippen MR) is 79.8 cm³/mol. The van der Waals surface area contributed by atoms with Crippen LogP contribution < -0.4 is 10.6 Å². The second-order valence-corrected chi connectivity index (χ2v) is 5.33. The van der Waals surface area contributed by atoms with Crippen molar-refractivity contribution in [3.8, 4) is 0 Å². The Bertz CT molecular complexity index is 590. The van der Waals surface area contributed by atoms with Crippen molar-refractivity contribution in [3.05, 3.63) is 42.5 Å². The molecule has 1 aliphatic heterocycles. The molecule has 110 valence electrons. The summed E-state index contributed by atoms with van der Waals surface area (Å²) in [7, 11) is 0. The molecule has 0 spiro atoms. The number of hydrogen-bond acceptors (Lipinski definition) is 4. The molecule has 0 saturated carbocycles. The van der Waals surface area contributed by atoms with Crippen molar-refractivity contribution in [1.29, 1.82) is 0 Å². The Kier molecular flexibility index (Phi) is 4.25. The molecule has 2 N–H and O–H groups in total. The highest BCUT2D eigenvalue weighted by Crippen LogP contribution is 2.16. The molecule has 2 aromatic rings. The fraction of sp³-hybridized carbons (Fsp3) is 0.400. The van der Waals surface area contributed by atoms with Crippen LogP contribution in [0.25, 0.3) is 0 Å². The van der Waals surface area contributed by atoms with Gasteiger partial charge >= 0.3 is 0 Å². The average Bonchev–Trinajstić information content (AvgIpc) is 3.01. The number of nitrogens with zero attached hydrogens (tertiary/aromatic N) is 3. The Morgan fingerprint density at radius 3 is 3.19 bits per heavy atom. The van der Waals surface area contributed by atoms with E-state index in [9.17, 15) is 4.79 Å². The Balaban J connectivity index is 1.63. The van der Waals surface area contributed by atoms with Crippen LogP contribution in [-0.2, 0) is 11.3 Å². The van der Waals surface area contributed by atoms with Crippen LogP contribution in [0.1, 0.15) is 18.4 Å². The average molecular weight is 285 g/mol.